The zero-order valence-electron chi connectivity index (χ0n) is 15.8. The number of primary amides is 1. The van der Waals surface area contributed by atoms with Crippen molar-refractivity contribution in [1.29, 1.82) is 0 Å². The number of nitrogens with two attached hydrogens (primary N) is 1. The zero-order chi connectivity index (χ0) is 21.2. The highest BCUT2D eigenvalue weighted by Crippen LogP contribution is 2.20. The van der Waals surface area contributed by atoms with Crippen LogP contribution in [0.25, 0.3) is 0 Å². The van der Waals surface area contributed by atoms with Gasteiger partial charge in [0, 0.05) is 17.1 Å². The summed E-state index contributed by atoms with van der Waals surface area (Å²) in [6.45, 7) is -0.213. The summed E-state index contributed by atoms with van der Waals surface area (Å²) in [5, 5.41) is 5.64. The first-order chi connectivity index (χ1) is 13.9. The fraction of sp³-hybridized carbons (Fsp3) is 0.250. The van der Waals surface area contributed by atoms with E-state index in [1.165, 1.54) is 0 Å². The van der Waals surface area contributed by atoms with Gasteiger partial charge in [-0.25, -0.2) is 4.79 Å². The standard InChI is InChI=1S/C20H22ClN3O5/c1-28-17-5-3-2-4-14(17)11-23-18(25)12-29-19(26)10-16(24-20(22)27)13-6-8-15(21)9-7-13/h2-9,16H,10-12H2,1H3,(H,23,25)(H3,22,24,27)/t16-/m0/s1. The number of amides is 3. The molecule has 0 aliphatic rings. The van der Waals surface area contributed by atoms with Crippen LogP contribution >= 0.6 is 11.6 Å². The SMILES string of the molecule is COc1ccccc1CNC(=O)COC(=O)C[C@H](NC(N)=O)c1ccc(Cl)cc1. The predicted molar refractivity (Wildman–Crippen MR) is 107 cm³/mol. The summed E-state index contributed by atoms with van der Waals surface area (Å²) >= 11 is 5.85. The number of nitrogens with one attached hydrogen (secondary N) is 2. The molecule has 2 aromatic carbocycles. The lowest BCUT2D eigenvalue weighted by molar-refractivity contribution is -0.149. The summed E-state index contributed by atoms with van der Waals surface area (Å²) in [6, 6.07) is 12.3. The number of carbonyl (C=O) groups is 3. The van der Waals surface area contributed by atoms with E-state index in [0.717, 1.165) is 5.56 Å². The molecular formula is C20H22ClN3O5. The van der Waals surface area contributed by atoms with Gasteiger partial charge >= 0.3 is 12.0 Å². The molecule has 9 heteroatoms. The summed E-state index contributed by atoms with van der Waals surface area (Å²) < 4.78 is 10.2. The van der Waals surface area contributed by atoms with Gasteiger partial charge in [0.25, 0.3) is 5.91 Å². The molecule has 0 radical (unpaired) electrons. The van der Waals surface area contributed by atoms with Gasteiger partial charge in [-0.15, -0.1) is 0 Å². The van der Waals surface area contributed by atoms with E-state index in [2.05, 4.69) is 10.6 Å². The van der Waals surface area contributed by atoms with E-state index in [0.29, 0.717) is 16.3 Å². The van der Waals surface area contributed by atoms with Crippen molar-refractivity contribution in [3.8, 4) is 5.75 Å². The number of methoxy groups -OCH3 is 1. The monoisotopic (exact) mass is 419 g/mol. The van der Waals surface area contributed by atoms with Crippen molar-refractivity contribution in [3.05, 3.63) is 64.7 Å². The Labute approximate surface area is 173 Å². The number of hydrogen-bond donors (Lipinski definition) is 3. The van der Waals surface area contributed by atoms with Gasteiger partial charge in [0.1, 0.15) is 5.75 Å². The van der Waals surface area contributed by atoms with E-state index < -0.39 is 30.6 Å². The van der Waals surface area contributed by atoms with Crippen LogP contribution in [0, 0.1) is 0 Å². The third-order valence-corrected chi connectivity index (χ3v) is 4.24. The molecule has 2 rings (SSSR count). The minimum absolute atomic E-state index is 0.190. The van der Waals surface area contributed by atoms with E-state index >= 15 is 0 Å². The number of halogens is 1. The molecule has 0 fully saturated rings. The fourth-order valence-corrected chi connectivity index (χ4v) is 2.71. The van der Waals surface area contributed by atoms with Crippen molar-refractivity contribution >= 4 is 29.5 Å². The summed E-state index contributed by atoms with van der Waals surface area (Å²) in [4.78, 5) is 35.3. The molecule has 0 bridgehead atoms. The van der Waals surface area contributed by atoms with E-state index in [-0.39, 0.29) is 13.0 Å². The lowest BCUT2D eigenvalue weighted by Crippen LogP contribution is -2.35. The molecule has 0 aliphatic heterocycles. The Hall–Kier alpha value is -3.26. The van der Waals surface area contributed by atoms with E-state index in [4.69, 9.17) is 26.8 Å². The first-order valence-electron chi connectivity index (χ1n) is 8.74. The number of ether oxygens (including phenoxy) is 2. The van der Waals surface area contributed by atoms with Crippen molar-refractivity contribution in [3.63, 3.8) is 0 Å². The van der Waals surface area contributed by atoms with Gasteiger partial charge in [-0.3, -0.25) is 9.59 Å². The second-order valence-electron chi connectivity index (χ2n) is 6.07. The minimum Gasteiger partial charge on any atom is -0.496 e. The van der Waals surface area contributed by atoms with Gasteiger partial charge in [-0.2, -0.15) is 0 Å². The quantitative estimate of drug-likeness (QED) is 0.539. The average molecular weight is 420 g/mol. The normalized spacial score (nSPS) is 11.2. The van der Waals surface area contributed by atoms with Crippen LogP contribution in [0.5, 0.6) is 5.75 Å². The van der Waals surface area contributed by atoms with Gasteiger partial charge in [0.15, 0.2) is 6.61 Å². The number of benzene rings is 2. The van der Waals surface area contributed by atoms with Crippen LogP contribution in [-0.4, -0.2) is 31.6 Å². The molecule has 0 spiro atoms. The Kier molecular flexibility index (Phi) is 8.29. The second kappa shape index (κ2) is 10.9. The Balaban J connectivity index is 1.85. The molecule has 0 saturated heterocycles. The number of hydrogen-bond acceptors (Lipinski definition) is 5. The molecule has 0 aromatic heterocycles. The summed E-state index contributed by atoms with van der Waals surface area (Å²) in [7, 11) is 1.54. The van der Waals surface area contributed by atoms with Crippen LogP contribution < -0.4 is 21.1 Å². The van der Waals surface area contributed by atoms with Crippen molar-refractivity contribution < 1.29 is 23.9 Å². The molecule has 4 N–H and O–H groups in total. The molecule has 0 saturated carbocycles. The van der Waals surface area contributed by atoms with Crippen LogP contribution in [0.3, 0.4) is 0 Å². The Morgan fingerprint density at radius 3 is 2.45 bits per heavy atom. The molecule has 0 aliphatic carbocycles. The van der Waals surface area contributed by atoms with Crippen molar-refractivity contribution in [2.75, 3.05) is 13.7 Å². The minimum atomic E-state index is -0.785. The van der Waals surface area contributed by atoms with Crippen LogP contribution in [0.2, 0.25) is 5.02 Å². The first kappa shape index (κ1) is 22.0. The largest absolute Gasteiger partial charge is 0.496 e. The van der Waals surface area contributed by atoms with Gasteiger partial charge in [0.05, 0.1) is 19.6 Å². The van der Waals surface area contributed by atoms with Crippen LogP contribution in [0.4, 0.5) is 4.79 Å². The first-order valence-corrected chi connectivity index (χ1v) is 9.12. The van der Waals surface area contributed by atoms with Crippen molar-refractivity contribution in [2.24, 2.45) is 5.73 Å². The third-order valence-electron chi connectivity index (χ3n) is 3.99. The number of esters is 1. The summed E-state index contributed by atoms with van der Waals surface area (Å²) in [5.74, 6) is -0.477. The van der Waals surface area contributed by atoms with Gasteiger partial charge in [-0.1, -0.05) is 41.9 Å². The Morgan fingerprint density at radius 1 is 1.10 bits per heavy atom. The summed E-state index contributed by atoms with van der Waals surface area (Å²) in [6.07, 6.45) is -0.190. The molecule has 1 atom stereocenters. The second-order valence-corrected chi connectivity index (χ2v) is 6.50. The number of rotatable bonds is 9. The smallest absolute Gasteiger partial charge is 0.312 e. The maximum absolute atomic E-state index is 12.1. The van der Waals surface area contributed by atoms with Crippen LogP contribution in [0.1, 0.15) is 23.6 Å². The van der Waals surface area contributed by atoms with Gasteiger partial charge in [-0.05, 0) is 23.8 Å². The molecule has 29 heavy (non-hydrogen) atoms. The number of urea groups is 1. The predicted octanol–water partition coefficient (Wildman–Crippen LogP) is 2.31. The van der Waals surface area contributed by atoms with Crippen LogP contribution in [0.15, 0.2) is 48.5 Å². The van der Waals surface area contributed by atoms with E-state index in [1.807, 2.05) is 18.2 Å². The van der Waals surface area contributed by atoms with Crippen LogP contribution in [-0.2, 0) is 20.9 Å². The number of para-hydroxylation sites is 1. The van der Waals surface area contributed by atoms with Crippen molar-refractivity contribution in [1.82, 2.24) is 10.6 Å². The Morgan fingerprint density at radius 2 is 1.79 bits per heavy atom. The van der Waals surface area contributed by atoms with Crippen molar-refractivity contribution in [2.45, 2.75) is 19.0 Å². The molecule has 2 aromatic rings. The molecule has 8 nitrogen and oxygen atoms in total. The third kappa shape index (κ3) is 7.34. The molecule has 154 valence electrons. The molecule has 0 unspecified atom stereocenters. The van der Waals surface area contributed by atoms with E-state index in [1.54, 1.807) is 37.4 Å². The zero-order valence-corrected chi connectivity index (χ0v) is 16.6. The lowest BCUT2D eigenvalue weighted by atomic mass is 10.0. The topological polar surface area (TPSA) is 120 Å². The summed E-state index contributed by atoms with van der Waals surface area (Å²) in [5.41, 5.74) is 6.60. The highest BCUT2D eigenvalue weighted by Gasteiger charge is 2.19. The van der Waals surface area contributed by atoms with Gasteiger partial charge < -0.3 is 25.8 Å². The maximum Gasteiger partial charge on any atom is 0.312 e. The fourth-order valence-electron chi connectivity index (χ4n) is 2.58. The maximum atomic E-state index is 12.1. The highest BCUT2D eigenvalue weighted by atomic mass is 35.5. The Bertz CT molecular complexity index is 857. The average Bonchev–Trinajstić information content (AvgIpc) is 2.70. The lowest BCUT2D eigenvalue weighted by Gasteiger charge is -2.17. The van der Waals surface area contributed by atoms with Gasteiger partial charge in [0.2, 0.25) is 0 Å². The van der Waals surface area contributed by atoms with E-state index in [9.17, 15) is 14.4 Å². The molecule has 3 amide bonds. The number of carbonyl (C=O) groups excluding carboxylic acids is 3. The molecule has 0 heterocycles. The highest BCUT2D eigenvalue weighted by molar-refractivity contribution is 6.30. The molecular weight excluding hydrogens is 398 g/mol.